The van der Waals surface area contributed by atoms with Crippen LogP contribution in [0.4, 0.5) is 0 Å². The number of fused-ring (bicyclic) bond motifs is 2. The van der Waals surface area contributed by atoms with Crippen molar-refractivity contribution in [2.75, 3.05) is 13.1 Å². The molecule has 2 aromatic carbocycles. The maximum atomic E-state index is 13.0. The van der Waals surface area contributed by atoms with E-state index in [1.807, 2.05) is 24.3 Å². The van der Waals surface area contributed by atoms with Gasteiger partial charge in [0.1, 0.15) is 0 Å². The second-order valence-electron chi connectivity index (χ2n) is 6.61. The van der Waals surface area contributed by atoms with Gasteiger partial charge in [-0.25, -0.2) is 8.42 Å². The maximum absolute atomic E-state index is 13.0. The Labute approximate surface area is 147 Å². The Hall–Kier alpha value is -2.18. The van der Waals surface area contributed by atoms with Crippen LogP contribution in [0, 0.1) is 0 Å². The summed E-state index contributed by atoms with van der Waals surface area (Å²) in [6, 6.07) is 17.5. The number of carbonyl (C=O) groups excluding carboxylic acids is 1. The minimum absolute atomic E-state index is 0.0192. The maximum Gasteiger partial charge on any atom is 0.253 e. The summed E-state index contributed by atoms with van der Waals surface area (Å²) in [4.78, 5) is 14.8. The fourth-order valence-corrected chi connectivity index (χ4v) is 5.77. The number of rotatable bonds is 3. The van der Waals surface area contributed by atoms with Crippen LogP contribution in [0.5, 0.6) is 0 Å². The molecule has 2 aliphatic heterocycles. The number of likely N-dealkylation sites (tertiary alicyclic amines) is 1. The van der Waals surface area contributed by atoms with Crippen molar-refractivity contribution in [1.29, 1.82) is 0 Å². The highest BCUT2D eigenvalue weighted by Gasteiger charge is 2.47. The standard InChI is InChI=1S/C19H20N2O3S/c22-19(15-7-3-1-4-8-15)20-13-16-11-12-17(14-20)21(16)25(23,24)18-9-5-2-6-10-18/h1-10,16-17H,11-14H2. The predicted molar refractivity (Wildman–Crippen MR) is 94.6 cm³/mol. The number of nitrogens with zero attached hydrogens (tertiary/aromatic N) is 2. The lowest BCUT2D eigenvalue weighted by Crippen LogP contribution is -2.56. The molecule has 4 rings (SSSR count). The highest BCUT2D eigenvalue weighted by Crippen LogP contribution is 2.35. The molecule has 2 aromatic rings. The largest absolute Gasteiger partial charge is 0.335 e. The third-order valence-corrected chi connectivity index (χ3v) is 7.06. The molecule has 0 aliphatic carbocycles. The minimum Gasteiger partial charge on any atom is -0.335 e. The third-order valence-electron chi connectivity index (χ3n) is 5.04. The molecule has 5 nitrogen and oxygen atoms in total. The van der Waals surface area contributed by atoms with Crippen molar-refractivity contribution in [3.05, 3.63) is 66.2 Å². The zero-order valence-corrected chi connectivity index (χ0v) is 14.6. The number of carbonyl (C=O) groups is 1. The number of sulfonamides is 1. The van der Waals surface area contributed by atoms with E-state index in [9.17, 15) is 13.2 Å². The molecule has 0 radical (unpaired) electrons. The smallest absolute Gasteiger partial charge is 0.253 e. The summed E-state index contributed by atoms with van der Waals surface area (Å²) in [5, 5.41) is 0. The zero-order chi connectivity index (χ0) is 17.4. The van der Waals surface area contributed by atoms with Crippen LogP contribution in [-0.2, 0) is 10.0 Å². The van der Waals surface area contributed by atoms with E-state index < -0.39 is 10.0 Å². The highest BCUT2D eigenvalue weighted by molar-refractivity contribution is 7.89. The fourth-order valence-electron chi connectivity index (χ4n) is 3.90. The zero-order valence-electron chi connectivity index (χ0n) is 13.8. The molecule has 130 valence electrons. The topological polar surface area (TPSA) is 57.7 Å². The van der Waals surface area contributed by atoms with Crippen LogP contribution in [0.25, 0.3) is 0 Å². The van der Waals surface area contributed by atoms with E-state index >= 15 is 0 Å². The molecular weight excluding hydrogens is 336 g/mol. The summed E-state index contributed by atoms with van der Waals surface area (Å²) in [6.45, 7) is 0.909. The van der Waals surface area contributed by atoms with Crippen molar-refractivity contribution >= 4 is 15.9 Å². The number of benzene rings is 2. The summed E-state index contributed by atoms with van der Waals surface area (Å²) >= 11 is 0. The van der Waals surface area contributed by atoms with Crippen molar-refractivity contribution in [2.45, 2.75) is 29.8 Å². The number of piperazine rings is 1. The molecule has 0 N–H and O–H groups in total. The average molecular weight is 356 g/mol. The Bertz CT molecular complexity index is 854. The predicted octanol–water partition coefficient (Wildman–Crippen LogP) is 2.36. The van der Waals surface area contributed by atoms with Gasteiger partial charge in [0.15, 0.2) is 0 Å². The molecule has 2 saturated heterocycles. The molecule has 0 saturated carbocycles. The number of amides is 1. The van der Waals surface area contributed by atoms with E-state index in [2.05, 4.69) is 0 Å². The summed E-state index contributed by atoms with van der Waals surface area (Å²) in [5.74, 6) is -0.0192. The molecular formula is C19H20N2O3S. The van der Waals surface area contributed by atoms with Gasteiger partial charge in [0.05, 0.1) is 4.90 Å². The molecule has 1 amide bonds. The van der Waals surface area contributed by atoms with Gasteiger partial charge < -0.3 is 4.90 Å². The van der Waals surface area contributed by atoms with E-state index in [-0.39, 0.29) is 18.0 Å². The molecule has 0 aromatic heterocycles. The Kier molecular flexibility index (Phi) is 4.09. The molecule has 2 atom stereocenters. The molecule has 2 unspecified atom stereocenters. The van der Waals surface area contributed by atoms with E-state index in [0.29, 0.717) is 23.5 Å². The highest BCUT2D eigenvalue weighted by atomic mass is 32.2. The van der Waals surface area contributed by atoms with Gasteiger partial charge in [-0.2, -0.15) is 4.31 Å². The van der Waals surface area contributed by atoms with Crippen molar-refractivity contribution in [1.82, 2.24) is 9.21 Å². The second kappa shape index (κ2) is 6.28. The van der Waals surface area contributed by atoms with Gasteiger partial charge >= 0.3 is 0 Å². The first kappa shape index (κ1) is 16.3. The van der Waals surface area contributed by atoms with Gasteiger partial charge in [0.2, 0.25) is 10.0 Å². The van der Waals surface area contributed by atoms with E-state index in [0.717, 1.165) is 12.8 Å². The van der Waals surface area contributed by atoms with Crippen LogP contribution in [0.2, 0.25) is 0 Å². The third kappa shape index (κ3) is 2.85. The van der Waals surface area contributed by atoms with E-state index in [4.69, 9.17) is 0 Å². The molecule has 2 heterocycles. The van der Waals surface area contributed by atoms with Gasteiger partial charge in [-0.15, -0.1) is 0 Å². The first-order valence-corrected chi connectivity index (χ1v) is 9.94. The molecule has 2 aliphatic rings. The van der Waals surface area contributed by atoms with Crippen LogP contribution in [0.3, 0.4) is 0 Å². The monoisotopic (exact) mass is 356 g/mol. The van der Waals surface area contributed by atoms with Gasteiger partial charge in [-0.05, 0) is 37.1 Å². The molecule has 6 heteroatoms. The lowest BCUT2D eigenvalue weighted by molar-refractivity contribution is 0.0615. The van der Waals surface area contributed by atoms with Gasteiger partial charge in [-0.1, -0.05) is 36.4 Å². The Morgan fingerprint density at radius 2 is 1.36 bits per heavy atom. The Morgan fingerprint density at radius 1 is 0.840 bits per heavy atom. The van der Waals surface area contributed by atoms with Crippen LogP contribution in [0.1, 0.15) is 23.2 Å². The number of hydrogen-bond acceptors (Lipinski definition) is 3. The summed E-state index contributed by atoms with van der Waals surface area (Å²) < 4.78 is 27.7. The van der Waals surface area contributed by atoms with Gasteiger partial charge in [-0.3, -0.25) is 4.79 Å². The quantitative estimate of drug-likeness (QED) is 0.848. The lowest BCUT2D eigenvalue weighted by Gasteiger charge is -2.40. The van der Waals surface area contributed by atoms with Crippen LogP contribution >= 0.6 is 0 Å². The van der Waals surface area contributed by atoms with Crippen molar-refractivity contribution in [3.8, 4) is 0 Å². The number of hydrogen-bond donors (Lipinski definition) is 0. The second-order valence-corrected chi connectivity index (χ2v) is 8.45. The normalized spacial score (nSPS) is 23.6. The average Bonchev–Trinajstić information content (AvgIpc) is 2.94. The molecule has 0 spiro atoms. The first-order chi connectivity index (χ1) is 12.1. The summed E-state index contributed by atoms with van der Waals surface area (Å²) in [7, 11) is -3.52. The minimum atomic E-state index is -3.52. The van der Waals surface area contributed by atoms with Crippen LogP contribution < -0.4 is 0 Å². The van der Waals surface area contributed by atoms with Crippen molar-refractivity contribution < 1.29 is 13.2 Å². The first-order valence-electron chi connectivity index (χ1n) is 8.50. The Balaban J connectivity index is 1.58. The molecule has 2 fully saturated rings. The Morgan fingerprint density at radius 3 is 1.92 bits per heavy atom. The van der Waals surface area contributed by atoms with Gasteiger partial charge in [0.25, 0.3) is 5.91 Å². The summed E-state index contributed by atoms with van der Waals surface area (Å²) in [6.07, 6.45) is 1.60. The molecule has 2 bridgehead atoms. The SMILES string of the molecule is O=C(c1ccccc1)N1CC2CCC(C1)N2S(=O)(=O)c1ccccc1. The van der Waals surface area contributed by atoms with Crippen LogP contribution in [0.15, 0.2) is 65.6 Å². The summed E-state index contributed by atoms with van der Waals surface area (Å²) in [5.41, 5.74) is 0.654. The fraction of sp³-hybridized carbons (Fsp3) is 0.316. The van der Waals surface area contributed by atoms with Crippen LogP contribution in [-0.4, -0.2) is 48.7 Å². The van der Waals surface area contributed by atoms with Crippen molar-refractivity contribution in [2.24, 2.45) is 0 Å². The van der Waals surface area contributed by atoms with E-state index in [1.54, 1.807) is 45.6 Å². The molecule has 25 heavy (non-hydrogen) atoms. The lowest BCUT2D eigenvalue weighted by atomic mass is 10.1. The van der Waals surface area contributed by atoms with E-state index in [1.165, 1.54) is 0 Å². The van der Waals surface area contributed by atoms with Crippen molar-refractivity contribution in [3.63, 3.8) is 0 Å². The van der Waals surface area contributed by atoms with Gasteiger partial charge in [0, 0.05) is 30.7 Å².